The molecule has 1 saturated carbocycles. The number of nitrogens with zero attached hydrogens (tertiary/aromatic N) is 1. The molecule has 3 nitrogen and oxygen atoms in total. The fraction of sp³-hybridized carbons (Fsp3) is 0.667. The van der Waals surface area contributed by atoms with Crippen LogP contribution in [0.4, 0.5) is 0 Å². The first-order chi connectivity index (χ1) is 7.20. The maximum Gasteiger partial charge on any atom is 0.118 e. The average Bonchev–Trinajstić information content (AvgIpc) is 2.95. The largest absolute Gasteiger partial charge is 0.465 e. The summed E-state index contributed by atoms with van der Waals surface area (Å²) in [5.41, 5.74) is 1.33. The van der Waals surface area contributed by atoms with Crippen LogP contribution in [0, 0.1) is 6.92 Å². The summed E-state index contributed by atoms with van der Waals surface area (Å²) in [4.78, 5) is 2.42. The van der Waals surface area contributed by atoms with Gasteiger partial charge in [-0.3, -0.25) is 4.90 Å². The summed E-state index contributed by atoms with van der Waals surface area (Å²) in [5, 5.41) is 3.11. The summed E-state index contributed by atoms with van der Waals surface area (Å²) in [6.07, 6.45) is 2.72. The molecule has 1 aromatic rings. The van der Waals surface area contributed by atoms with Crippen molar-refractivity contribution in [1.29, 1.82) is 0 Å². The van der Waals surface area contributed by atoms with Crippen molar-refractivity contribution in [3.63, 3.8) is 0 Å². The molecular weight excluding hydrogens is 188 g/mol. The van der Waals surface area contributed by atoms with Crippen LogP contribution in [0.2, 0.25) is 0 Å². The molecular formula is C12H20N2O. The van der Waals surface area contributed by atoms with Crippen molar-refractivity contribution in [3.05, 3.63) is 23.2 Å². The summed E-state index contributed by atoms with van der Waals surface area (Å²) in [6.45, 7) is 3.88. The molecule has 0 spiro atoms. The van der Waals surface area contributed by atoms with Crippen LogP contribution in [0.1, 0.15) is 29.9 Å². The molecule has 0 radical (unpaired) electrons. The summed E-state index contributed by atoms with van der Waals surface area (Å²) in [6, 6.07) is 2.98. The van der Waals surface area contributed by atoms with Crippen LogP contribution in [0.25, 0.3) is 0 Å². The van der Waals surface area contributed by atoms with Gasteiger partial charge in [-0.1, -0.05) is 0 Å². The second kappa shape index (κ2) is 4.37. The fourth-order valence-electron chi connectivity index (χ4n) is 1.92. The number of aryl methyl sites for hydroxylation is 1. The Morgan fingerprint density at radius 2 is 2.27 bits per heavy atom. The second-order valence-corrected chi connectivity index (χ2v) is 4.47. The van der Waals surface area contributed by atoms with Gasteiger partial charge in [0.05, 0.1) is 6.54 Å². The van der Waals surface area contributed by atoms with Crippen LogP contribution in [-0.4, -0.2) is 25.0 Å². The highest BCUT2D eigenvalue weighted by Gasteiger charge is 2.26. The van der Waals surface area contributed by atoms with Gasteiger partial charge in [-0.15, -0.1) is 0 Å². The van der Waals surface area contributed by atoms with E-state index in [1.54, 1.807) is 0 Å². The smallest absolute Gasteiger partial charge is 0.118 e. The van der Waals surface area contributed by atoms with E-state index in [0.29, 0.717) is 0 Å². The fourth-order valence-corrected chi connectivity index (χ4v) is 1.92. The lowest BCUT2D eigenvalue weighted by Crippen LogP contribution is -2.19. The third-order valence-corrected chi connectivity index (χ3v) is 3.01. The van der Waals surface area contributed by atoms with Crippen molar-refractivity contribution in [2.75, 3.05) is 14.1 Å². The standard InChI is InChI=1S/C12H20N2O/c1-9-10(6-12(15-9)7-13-2)8-14(3)11-4-5-11/h6,11,13H,4-5,7-8H2,1-3H3. The summed E-state index contributed by atoms with van der Waals surface area (Å²) >= 11 is 0. The van der Waals surface area contributed by atoms with E-state index in [1.807, 2.05) is 7.05 Å². The monoisotopic (exact) mass is 208 g/mol. The van der Waals surface area contributed by atoms with Gasteiger partial charge in [-0.05, 0) is 39.9 Å². The highest BCUT2D eigenvalue weighted by molar-refractivity contribution is 5.21. The molecule has 0 bridgehead atoms. The Hall–Kier alpha value is -0.800. The number of furan rings is 1. The van der Waals surface area contributed by atoms with Gasteiger partial charge in [0.2, 0.25) is 0 Å². The van der Waals surface area contributed by atoms with E-state index in [4.69, 9.17) is 4.42 Å². The van der Waals surface area contributed by atoms with E-state index in [1.165, 1.54) is 18.4 Å². The molecule has 84 valence electrons. The average molecular weight is 208 g/mol. The summed E-state index contributed by atoms with van der Waals surface area (Å²) in [5.74, 6) is 2.10. The van der Waals surface area contributed by atoms with E-state index < -0.39 is 0 Å². The molecule has 1 heterocycles. The van der Waals surface area contributed by atoms with E-state index in [9.17, 15) is 0 Å². The van der Waals surface area contributed by atoms with E-state index in [-0.39, 0.29) is 0 Å². The van der Waals surface area contributed by atoms with Gasteiger partial charge in [0.15, 0.2) is 0 Å². The molecule has 1 aliphatic carbocycles. The quantitative estimate of drug-likeness (QED) is 0.801. The minimum Gasteiger partial charge on any atom is -0.465 e. The Morgan fingerprint density at radius 3 is 2.87 bits per heavy atom. The lowest BCUT2D eigenvalue weighted by Gasteiger charge is -2.14. The molecule has 0 aromatic carbocycles. The van der Waals surface area contributed by atoms with Crippen molar-refractivity contribution in [3.8, 4) is 0 Å². The van der Waals surface area contributed by atoms with Gasteiger partial charge < -0.3 is 9.73 Å². The molecule has 0 saturated heterocycles. The predicted octanol–water partition coefficient (Wildman–Crippen LogP) is 1.90. The Kier molecular flexibility index (Phi) is 3.12. The third kappa shape index (κ3) is 2.61. The van der Waals surface area contributed by atoms with Crippen LogP contribution in [0.3, 0.4) is 0 Å². The molecule has 0 aliphatic heterocycles. The molecule has 0 atom stereocenters. The first-order valence-corrected chi connectivity index (χ1v) is 5.63. The maximum absolute atomic E-state index is 5.67. The number of nitrogens with one attached hydrogen (secondary N) is 1. The predicted molar refractivity (Wildman–Crippen MR) is 60.7 cm³/mol. The van der Waals surface area contributed by atoms with Gasteiger partial charge in [-0.25, -0.2) is 0 Å². The molecule has 1 fully saturated rings. The molecule has 1 N–H and O–H groups in total. The van der Waals surface area contributed by atoms with Gasteiger partial charge >= 0.3 is 0 Å². The Morgan fingerprint density at radius 1 is 1.53 bits per heavy atom. The molecule has 3 heteroatoms. The van der Waals surface area contributed by atoms with Crippen molar-refractivity contribution < 1.29 is 4.42 Å². The number of hydrogen-bond acceptors (Lipinski definition) is 3. The zero-order valence-corrected chi connectivity index (χ0v) is 9.84. The number of rotatable bonds is 5. The lowest BCUT2D eigenvalue weighted by molar-refractivity contribution is 0.313. The van der Waals surface area contributed by atoms with Crippen LogP contribution in [0.15, 0.2) is 10.5 Å². The minimum atomic E-state index is 0.812. The van der Waals surface area contributed by atoms with Crippen molar-refractivity contribution in [2.45, 2.75) is 38.9 Å². The maximum atomic E-state index is 5.67. The lowest BCUT2D eigenvalue weighted by atomic mass is 10.2. The van der Waals surface area contributed by atoms with Crippen LogP contribution < -0.4 is 5.32 Å². The highest BCUT2D eigenvalue weighted by Crippen LogP contribution is 2.27. The summed E-state index contributed by atoms with van der Waals surface area (Å²) < 4.78 is 5.67. The molecule has 1 aliphatic rings. The first kappa shape index (κ1) is 10.7. The minimum absolute atomic E-state index is 0.812. The topological polar surface area (TPSA) is 28.4 Å². The third-order valence-electron chi connectivity index (χ3n) is 3.01. The van der Waals surface area contributed by atoms with E-state index in [2.05, 4.69) is 30.3 Å². The zero-order valence-electron chi connectivity index (χ0n) is 9.84. The van der Waals surface area contributed by atoms with Gasteiger partial charge in [-0.2, -0.15) is 0 Å². The summed E-state index contributed by atoms with van der Waals surface area (Å²) in [7, 11) is 4.13. The Labute approximate surface area is 91.4 Å². The van der Waals surface area contributed by atoms with Crippen molar-refractivity contribution >= 4 is 0 Å². The van der Waals surface area contributed by atoms with Crippen LogP contribution in [-0.2, 0) is 13.1 Å². The van der Waals surface area contributed by atoms with Crippen molar-refractivity contribution in [2.24, 2.45) is 0 Å². The molecule has 1 aromatic heterocycles. The Bertz CT molecular complexity index is 328. The zero-order chi connectivity index (χ0) is 10.8. The van der Waals surface area contributed by atoms with Gasteiger partial charge in [0.25, 0.3) is 0 Å². The van der Waals surface area contributed by atoms with Crippen molar-refractivity contribution in [1.82, 2.24) is 10.2 Å². The van der Waals surface area contributed by atoms with Crippen LogP contribution in [0.5, 0.6) is 0 Å². The first-order valence-electron chi connectivity index (χ1n) is 5.63. The van der Waals surface area contributed by atoms with E-state index >= 15 is 0 Å². The highest BCUT2D eigenvalue weighted by atomic mass is 16.3. The molecule has 0 amide bonds. The Balaban J connectivity index is 1.99. The molecule has 0 unspecified atom stereocenters. The SMILES string of the molecule is CNCc1cc(CN(C)C2CC2)c(C)o1. The normalized spacial score (nSPS) is 16.3. The van der Waals surface area contributed by atoms with Crippen LogP contribution >= 0.6 is 0 Å². The second-order valence-electron chi connectivity index (χ2n) is 4.47. The molecule has 2 rings (SSSR count). The van der Waals surface area contributed by atoms with Gasteiger partial charge in [0.1, 0.15) is 11.5 Å². The molecule has 15 heavy (non-hydrogen) atoms. The van der Waals surface area contributed by atoms with E-state index in [0.717, 1.165) is 30.7 Å². The van der Waals surface area contributed by atoms with Gasteiger partial charge in [0, 0.05) is 18.2 Å². The number of hydrogen-bond donors (Lipinski definition) is 1.